The molecular formula is C21H28NO5P. The van der Waals surface area contributed by atoms with Crippen LogP contribution in [0.25, 0.3) is 11.1 Å². The van der Waals surface area contributed by atoms with Gasteiger partial charge in [0.15, 0.2) is 17.2 Å². The Balaban J connectivity index is 2.56. The number of benzene rings is 1. The monoisotopic (exact) mass is 405 g/mol. The molecule has 6 nitrogen and oxygen atoms in total. The maximum absolute atomic E-state index is 13.5. The molecule has 0 aliphatic heterocycles. The molecule has 0 bridgehead atoms. The Morgan fingerprint density at radius 1 is 1.21 bits per heavy atom. The number of hydrogen-bond donors (Lipinski definition) is 1. The molecule has 0 saturated carbocycles. The summed E-state index contributed by atoms with van der Waals surface area (Å²) in [5.74, 6) is 0.636. The molecule has 1 atom stereocenters. The highest BCUT2D eigenvalue weighted by molar-refractivity contribution is 7.58. The highest BCUT2D eigenvalue weighted by atomic mass is 31.2. The Morgan fingerprint density at radius 2 is 1.89 bits per heavy atom. The van der Waals surface area contributed by atoms with E-state index < -0.39 is 7.60 Å². The SMILES string of the molecule is C=C(C(C)C)P(=O)(Oc1cnccc1-c1cc(C)c(O)c(OC)c1)OC(C)C. The molecular weight excluding hydrogens is 377 g/mol. The zero-order valence-corrected chi connectivity index (χ0v) is 18.1. The third-order valence-electron chi connectivity index (χ3n) is 4.17. The highest BCUT2D eigenvalue weighted by Crippen LogP contribution is 2.59. The fraction of sp³-hybridized carbons (Fsp3) is 0.381. The van der Waals surface area contributed by atoms with Crippen LogP contribution in [0.1, 0.15) is 33.3 Å². The number of aromatic hydroxyl groups is 1. The summed E-state index contributed by atoms with van der Waals surface area (Å²) in [5.41, 5.74) is 2.03. The van der Waals surface area contributed by atoms with Crippen LogP contribution in [-0.2, 0) is 9.09 Å². The Kier molecular flexibility index (Phi) is 6.91. The van der Waals surface area contributed by atoms with Crippen molar-refractivity contribution in [3.8, 4) is 28.4 Å². The van der Waals surface area contributed by atoms with Gasteiger partial charge >= 0.3 is 7.60 Å². The number of allylic oxidation sites excluding steroid dienone is 1. The molecule has 0 aliphatic rings. The van der Waals surface area contributed by atoms with Crippen LogP contribution in [0.4, 0.5) is 0 Å². The number of methoxy groups -OCH3 is 1. The van der Waals surface area contributed by atoms with Crippen molar-refractivity contribution in [1.82, 2.24) is 4.98 Å². The number of ether oxygens (including phenoxy) is 1. The zero-order chi connectivity index (χ0) is 21.1. The van der Waals surface area contributed by atoms with Crippen molar-refractivity contribution < 1.29 is 23.5 Å². The molecule has 1 heterocycles. The molecule has 2 rings (SSSR count). The van der Waals surface area contributed by atoms with Crippen molar-refractivity contribution in [1.29, 1.82) is 0 Å². The minimum Gasteiger partial charge on any atom is -0.504 e. The molecule has 7 heteroatoms. The van der Waals surface area contributed by atoms with E-state index in [4.69, 9.17) is 13.8 Å². The van der Waals surface area contributed by atoms with E-state index in [2.05, 4.69) is 11.6 Å². The third-order valence-corrected chi connectivity index (χ3v) is 6.52. The van der Waals surface area contributed by atoms with Crippen LogP contribution in [0, 0.1) is 12.8 Å². The second kappa shape index (κ2) is 8.80. The molecule has 1 aromatic carbocycles. The minimum atomic E-state index is -3.65. The van der Waals surface area contributed by atoms with E-state index in [1.54, 1.807) is 45.2 Å². The van der Waals surface area contributed by atoms with E-state index in [1.165, 1.54) is 13.3 Å². The quantitative estimate of drug-likeness (QED) is 0.548. The standard InChI is InChI=1S/C21H28NO5P/c1-13(2)16(6)28(24,26-14(3)4)27-20-12-22-9-8-18(20)17-10-15(5)21(23)19(11-17)25-7/h8-14,23H,6H2,1-5,7H3. The summed E-state index contributed by atoms with van der Waals surface area (Å²) in [4.78, 5) is 4.11. The van der Waals surface area contributed by atoms with Gasteiger partial charge < -0.3 is 14.4 Å². The van der Waals surface area contributed by atoms with Crippen molar-refractivity contribution in [2.75, 3.05) is 7.11 Å². The average Bonchev–Trinajstić information content (AvgIpc) is 2.62. The van der Waals surface area contributed by atoms with E-state index in [1.807, 2.05) is 13.8 Å². The fourth-order valence-corrected chi connectivity index (χ4v) is 4.51. The van der Waals surface area contributed by atoms with Gasteiger partial charge in [0, 0.05) is 17.1 Å². The van der Waals surface area contributed by atoms with Crippen molar-refractivity contribution in [2.24, 2.45) is 5.92 Å². The first-order valence-electron chi connectivity index (χ1n) is 9.08. The summed E-state index contributed by atoms with van der Waals surface area (Å²) >= 11 is 0. The Hall–Kier alpha value is -2.30. The van der Waals surface area contributed by atoms with E-state index in [9.17, 15) is 9.67 Å². The van der Waals surface area contributed by atoms with Gasteiger partial charge in [0.1, 0.15) is 0 Å². The van der Waals surface area contributed by atoms with Crippen molar-refractivity contribution in [2.45, 2.75) is 40.7 Å². The maximum Gasteiger partial charge on any atom is 0.406 e. The second-order valence-electron chi connectivity index (χ2n) is 7.10. The minimum absolute atomic E-state index is 0.0739. The number of aromatic nitrogens is 1. The molecule has 0 fully saturated rings. The van der Waals surface area contributed by atoms with E-state index in [-0.39, 0.29) is 17.8 Å². The molecule has 152 valence electrons. The van der Waals surface area contributed by atoms with Gasteiger partial charge in [-0.3, -0.25) is 9.51 Å². The van der Waals surface area contributed by atoms with Crippen molar-refractivity contribution in [3.63, 3.8) is 0 Å². The predicted molar refractivity (Wildman–Crippen MR) is 111 cm³/mol. The summed E-state index contributed by atoms with van der Waals surface area (Å²) in [6, 6.07) is 5.24. The van der Waals surface area contributed by atoms with Crippen LogP contribution >= 0.6 is 7.60 Å². The maximum atomic E-state index is 13.5. The summed E-state index contributed by atoms with van der Waals surface area (Å²) in [6.45, 7) is 13.1. The van der Waals surface area contributed by atoms with Crippen LogP contribution in [0.5, 0.6) is 17.2 Å². The summed E-state index contributed by atoms with van der Waals surface area (Å²) < 4.78 is 30.4. The number of aryl methyl sites for hydroxylation is 1. The number of hydrogen-bond acceptors (Lipinski definition) is 6. The van der Waals surface area contributed by atoms with Gasteiger partial charge in [-0.05, 0) is 56.0 Å². The van der Waals surface area contributed by atoms with Crippen molar-refractivity contribution >= 4 is 7.60 Å². The van der Waals surface area contributed by atoms with E-state index >= 15 is 0 Å². The fourth-order valence-electron chi connectivity index (χ4n) is 2.62. The first-order valence-corrected chi connectivity index (χ1v) is 10.6. The topological polar surface area (TPSA) is 77.9 Å². The Labute approximate surface area is 166 Å². The van der Waals surface area contributed by atoms with Gasteiger partial charge in [0.2, 0.25) is 0 Å². The largest absolute Gasteiger partial charge is 0.504 e. The van der Waals surface area contributed by atoms with Crippen LogP contribution in [0.15, 0.2) is 42.5 Å². The first-order chi connectivity index (χ1) is 13.1. The Morgan fingerprint density at radius 3 is 2.46 bits per heavy atom. The summed E-state index contributed by atoms with van der Waals surface area (Å²) in [7, 11) is -2.16. The van der Waals surface area contributed by atoms with Gasteiger partial charge in [-0.1, -0.05) is 20.4 Å². The summed E-state index contributed by atoms with van der Waals surface area (Å²) in [5, 5.41) is 10.5. The predicted octanol–water partition coefficient (Wildman–Crippen LogP) is 5.94. The van der Waals surface area contributed by atoms with Gasteiger partial charge in [-0.15, -0.1) is 0 Å². The number of phenolic OH excluding ortho intramolecular Hbond substituents is 1. The zero-order valence-electron chi connectivity index (χ0n) is 17.2. The smallest absolute Gasteiger partial charge is 0.406 e. The molecule has 0 saturated heterocycles. The van der Waals surface area contributed by atoms with Gasteiger partial charge in [0.05, 0.1) is 19.4 Å². The number of pyridine rings is 1. The van der Waals surface area contributed by atoms with Gasteiger partial charge in [-0.25, -0.2) is 4.57 Å². The van der Waals surface area contributed by atoms with Gasteiger partial charge in [0.25, 0.3) is 0 Å². The molecule has 0 spiro atoms. The normalized spacial score (nSPS) is 13.4. The lowest BCUT2D eigenvalue weighted by molar-refractivity contribution is 0.212. The first kappa shape index (κ1) is 22.0. The lowest BCUT2D eigenvalue weighted by atomic mass is 10.0. The van der Waals surface area contributed by atoms with E-state index in [0.717, 1.165) is 5.56 Å². The molecule has 28 heavy (non-hydrogen) atoms. The third kappa shape index (κ3) is 4.75. The molecule has 1 aromatic heterocycles. The van der Waals surface area contributed by atoms with Crippen LogP contribution in [0.3, 0.4) is 0 Å². The average molecular weight is 405 g/mol. The van der Waals surface area contributed by atoms with Crippen LogP contribution in [-0.4, -0.2) is 23.3 Å². The van der Waals surface area contributed by atoms with Crippen molar-refractivity contribution in [3.05, 3.63) is 48.0 Å². The van der Waals surface area contributed by atoms with Crippen LogP contribution < -0.4 is 9.26 Å². The molecule has 2 aromatic rings. The lowest BCUT2D eigenvalue weighted by Gasteiger charge is -2.25. The highest BCUT2D eigenvalue weighted by Gasteiger charge is 2.34. The lowest BCUT2D eigenvalue weighted by Crippen LogP contribution is -2.10. The number of phenols is 1. The second-order valence-corrected chi connectivity index (χ2v) is 9.07. The molecule has 1 unspecified atom stereocenters. The van der Waals surface area contributed by atoms with Crippen LogP contribution in [0.2, 0.25) is 0 Å². The number of rotatable bonds is 8. The van der Waals surface area contributed by atoms with Gasteiger partial charge in [-0.2, -0.15) is 0 Å². The number of nitrogens with zero attached hydrogens (tertiary/aromatic N) is 1. The van der Waals surface area contributed by atoms with E-state index in [0.29, 0.717) is 27.9 Å². The molecule has 0 aliphatic carbocycles. The molecule has 0 amide bonds. The molecule has 1 N–H and O–H groups in total. The molecule has 0 radical (unpaired) electrons. The summed E-state index contributed by atoms with van der Waals surface area (Å²) in [6.07, 6.45) is 2.80. The Bertz CT molecular complexity index is 908.